The first-order valence-electron chi connectivity index (χ1n) is 9.62. The summed E-state index contributed by atoms with van der Waals surface area (Å²) in [5.74, 6) is -0.156. The van der Waals surface area contributed by atoms with Crippen molar-refractivity contribution in [2.45, 2.75) is 13.8 Å². The largest absolute Gasteiger partial charge is 0.494 e. The Kier molecular flexibility index (Phi) is 7.86. The summed E-state index contributed by atoms with van der Waals surface area (Å²) in [6.07, 6.45) is 1.54. The molecular weight excluding hydrogens is 455 g/mol. The number of pyridine rings is 2. The summed E-state index contributed by atoms with van der Waals surface area (Å²) < 4.78 is 10.6. The Balaban J connectivity index is 1.63. The zero-order chi connectivity index (χ0) is 23.1. The van der Waals surface area contributed by atoms with Crippen LogP contribution >= 0.6 is 23.2 Å². The zero-order valence-electron chi connectivity index (χ0n) is 17.3. The van der Waals surface area contributed by atoms with Crippen LogP contribution in [0, 0.1) is 6.92 Å². The fraction of sp³-hybridized carbons (Fsp3) is 0.182. The maximum atomic E-state index is 12.6. The third-order valence-corrected chi connectivity index (χ3v) is 4.82. The van der Waals surface area contributed by atoms with Gasteiger partial charge in [0.1, 0.15) is 17.1 Å². The van der Waals surface area contributed by atoms with E-state index in [4.69, 9.17) is 32.7 Å². The number of hydrogen-bond donors (Lipinski definition) is 2. The number of rotatable bonds is 8. The lowest BCUT2D eigenvalue weighted by molar-refractivity contribution is -0.119. The van der Waals surface area contributed by atoms with Gasteiger partial charge in [0.25, 0.3) is 5.91 Å². The summed E-state index contributed by atoms with van der Waals surface area (Å²) in [6, 6.07) is 11.8. The molecule has 3 aromatic rings. The molecule has 0 radical (unpaired) electrons. The van der Waals surface area contributed by atoms with Gasteiger partial charge in [0, 0.05) is 11.9 Å². The van der Waals surface area contributed by atoms with E-state index in [9.17, 15) is 9.59 Å². The number of nitrogens with one attached hydrogen (secondary N) is 2. The maximum absolute atomic E-state index is 12.6. The van der Waals surface area contributed by atoms with Crippen molar-refractivity contribution in [3.8, 4) is 5.75 Å². The summed E-state index contributed by atoms with van der Waals surface area (Å²) in [6.45, 7) is 3.61. The molecular formula is C22H20Cl2N4O4. The number of esters is 1. The van der Waals surface area contributed by atoms with Gasteiger partial charge in [-0.05, 0) is 56.3 Å². The van der Waals surface area contributed by atoms with Gasteiger partial charge in [0.05, 0.1) is 22.3 Å². The third-order valence-electron chi connectivity index (χ3n) is 4.15. The van der Waals surface area contributed by atoms with Crippen molar-refractivity contribution in [3.63, 3.8) is 0 Å². The summed E-state index contributed by atoms with van der Waals surface area (Å²) >= 11 is 12.0. The first-order valence-corrected chi connectivity index (χ1v) is 10.4. The first-order chi connectivity index (χ1) is 15.4. The average molecular weight is 475 g/mol. The summed E-state index contributed by atoms with van der Waals surface area (Å²) in [4.78, 5) is 33.1. The minimum absolute atomic E-state index is 0.133. The number of amides is 1. The van der Waals surface area contributed by atoms with E-state index in [0.29, 0.717) is 28.8 Å². The number of halogens is 2. The Hall–Kier alpha value is -3.36. The zero-order valence-corrected chi connectivity index (χ0v) is 18.8. The van der Waals surface area contributed by atoms with Gasteiger partial charge in [0.2, 0.25) is 0 Å². The Bertz CT molecular complexity index is 1120. The van der Waals surface area contributed by atoms with Gasteiger partial charge < -0.3 is 20.1 Å². The van der Waals surface area contributed by atoms with Crippen molar-refractivity contribution in [2.75, 3.05) is 23.8 Å². The van der Waals surface area contributed by atoms with E-state index in [1.54, 1.807) is 43.3 Å². The number of anilines is 3. The molecule has 0 saturated carbocycles. The standard InChI is InChI=1S/C22H20Cl2N4O4/c1-3-31-15-8-6-14(7-9-15)27-20-16(5-4-10-25-20)22(30)32-12-19(29)28-21-18(24)11-17(23)13(2)26-21/h4-11H,3,12H2,1-2H3,(H,25,27)(H,26,28,29). The summed E-state index contributed by atoms with van der Waals surface area (Å²) in [5, 5.41) is 6.11. The second-order valence-electron chi connectivity index (χ2n) is 6.49. The molecule has 0 aliphatic carbocycles. The molecule has 1 aromatic carbocycles. The minimum Gasteiger partial charge on any atom is -0.494 e. The molecule has 0 spiro atoms. The van der Waals surface area contributed by atoms with Crippen molar-refractivity contribution in [3.05, 3.63) is 70.0 Å². The summed E-state index contributed by atoms with van der Waals surface area (Å²) in [5.41, 5.74) is 1.38. The number of hydrogen-bond acceptors (Lipinski definition) is 7. The molecule has 0 unspecified atom stereocenters. The molecule has 32 heavy (non-hydrogen) atoms. The van der Waals surface area contributed by atoms with Crippen LogP contribution in [-0.4, -0.2) is 35.1 Å². The van der Waals surface area contributed by atoms with E-state index in [1.165, 1.54) is 12.3 Å². The maximum Gasteiger partial charge on any atom is 0.342 e. The SMILES string of the molecule is CCOc1ccc(Nc2ncccc2C(=O)OCC(=O)Nc2nc(C)c(Cl)cc2Cl)cc1. The molecule has 0 fully saturated rings. The van der Waals surface area contributed by atoms with Gasteiger partial charge in [-0.1, -0.05) is 23.2 Å². The topological polar surface area (TPSA) is 102 Å². The van der Waals surface area contributed by atoms with E-state index in [1.807, 2.05) is 6.92 Å². The molecule has 10 heteroatoms. The number of ether oxygens (including phenoxy) is 2. The van der Waals surface area contributed by atoms with Crippen LogP contribution in [0.2, 0.25) is 10.0 Å². The monoisotopic (exact) mass is 474 g/mol. The molecule has 3 rings (SSSR count). The quantitative estimate of drug-likeness (QED) is 0.441. The van der Waals surface area contributed by atoms with Crippen LogP contribution in [0.3, 0.4) is 0 Å². The van der Waals surface area contributed by atoms with Crippen LogP contribution in [0.25, 0.3) is 0 Å². The second-order valence-corrected chi connectivity index (χ2v) is 7.31. The number of carbonyl (C=O) groups is 2. The number of carbonyl (C=O) groups excluding carboxylic acids is 2. The molecule has 8 nitrogen and oxygen atoms in total. The van der Waals surface area contributed by atoms with Crippen LogP contribution in [0.1, 0.15) is 23.0 Å². The van der Waals surface area contributed by atoms with Crippen LogP contribution < -0.4 is 15.4 Å². The normalized spacial score (nSPS) is 10.4. The highest BCUT2D eigenvalue weighted by atomic mass is 35.5. The van der Waals surface area contributed by atoms with E-state index in [0.717, 1.165) is 5.75 Å². The fourth-order valence-corrected chi connectivity index (χ4v) is 3.04. The highest BCUT2D eigenvalue weighted by Gasteiger charge is 2.17. The smallest absolute Gasteiger partial charge is 0.342 e. The van der Waals surface area contributed by atoms with Gasteiger partial charge in [-0.25, -0.2) is 14.8 Å². The van der Waals surface area contributed by atoms with Crippen molar-refractivity contribution in [2.24, 2.45) is 0 Å². The molecule has 2 N–H and O–H groups in total. The van der Waals surface area contributed by atoms with E-state index in [-0.39, 0.29) is 16.4 Å². The molecule has 2 heterocycles. The van der Waals surface area contributed by atoms with Crippen molar-refractivity contribution < 1.29 is 19.1 Å². The predicted octanol–water partition coefficient (Wildman–Crippen LogP) is 5.03. The molecule has 1 amide bonds. The first kappa shape index (κ1) is 23.3. The lowest BCUT2D eigenvalue weighted by atomic mass is 10.2. The second kappa shape index (κ2) is 10.8. The molecule has 0 atom stereocenters. The van der Waals surface area contributed by atoms with Crippen molar-refractivity contribution >= 4 is 52.4 Å². The molecule has 0 aliphatic rings. The van der Waals surface area contributed by atoms with Gasteiger partial charge in [0.15, 0.2) is 12.4 Å². The predicted molar refractivity (Wildman–Crippen MR) is 123 cm³/mol. The molecule has 166 valence electrons. The number of benzene rings is 1. The lowest BCUT2D eigenvalue weighted by Gasteiger charge is -2.12. The van der Waals surface area contributed by atoms with Gasteiger partial charge in [-0.3, -0.25) is 4.79 Å². The Morgan fingerprint density at radius 3 is 2.53 bits per heavy atom. The minimum atomic E-state index is -0.715. The Morgan fingerprint density at radius 2 is 1.81 bits per heavy atom. The van der Waals surface area contributed by atoms with Crippen LogP contribution in [0.15, 0.2) is 48.7 Å². The van der Waals surface area contributed by atoms with Gasteiger partial charge >= 0.3 is 5.97 Å². The molecule has 0 aliphatic heterocycles. The van der Waals surface area contributed by atoms with E-state index >= 15 is 0 Å². The Morgan fingerprint density at radius 1 is 1.06 bits per heavy atom. The van der Waals surface area contributed by atoms with E-state index < -0.39 is 18.5 Å². The van der Waals surface area contributed by atoms with Crippen molar-refractivity contribution in [1.82, 2.24) is 9.97 Å². The average Bonchev–Trinajstić information content (AvgIpc) is 2.78. The molecule has 2 aromatic heterocycles. The lowest BCUT2D eigenvalue weighted by Crippen LogP contribution is -2.22. The van der Waals surface area contributed by atoms with Gasteiger partial charge in [-0.15, -0.1) is 0 Å². The van der Waals surface area contributed by atoms with E-state index in [2.05, 4.69) is 20.6 Å². The fourth-order valence-electron chi connectivity index (χ4n) is 2.63. The highest BCUT2D eigenvalue weighted by Crippen LogP contribution is 2.26. The van der Waals surface area contributed by atoms with Crippen LogP contribution in [0.5, 0.6) is 5.75 Å². The summed E-state index contributed by atoms with van der Waals surface area (Å²) in [7, 11) is 0. The highest BCUT2D eigenvalue weighted by molar-refractivity contribution is 6.36. The molecule has 0 saturated heterocycles. The third kappa shape index (κ3) is 6.09. The molecule has 0 bridgehead atoms. The van der Waals surface area contributed by atoms with Crippen molar-refractivity contribution in [1.29, 1.82) is 0 Å². The number of nitrogens with zero attached hydrogens (tertiary/aromatic N) is 2. The Labute approximate surface area is 194 Å². The van der Waals surface area contributed by atoms with Crippen LogP contribution in [-0.2, 0) is 9.53 Å². The van der Waals surface area contributed by atoms with Gasteiger partial charge in [-0.2, -0.15) is 0 Å². The number of aromatic nitrogens is 2. The van der Waals surface area contributed by atoms with Crippen LogP contribution in [0.4, 0.5) is 17.3 Å². The number of aryl methyl sites for hydroxylation is 1.